The van der Waals surface area contributed by atoms with Crippen molar-refractivity contribution in [3.05, 3.63) is 0 Å². The number of hydrogen-bond donors (Lipinski definition) is 0. The van der Waals surface area contributed by atoms with Crippen molar-refractivity contribution in [3.8, 4) is 0 Å². The van der Waals surface area contributed by atoms with Crippen molar-refractivity contribution in [1.29, 1.82) is 0 Å². The van der Waals surface area contributed by atoms with E-state index in [1.54, 1.807) is 0 Å². The van der Waals surface area contributed by atoms with E-state index in [1.807, 2.05) is 16.8 Å². The van der Waals surface area contributed by atoms with Gasteiger partial charge in [0.2, 0.25) is 0 Å². The third-order valence-corrected chi connectivity index (χ3v) is 3.48. The summed E-state index contributed by atoms with van der Waals surface area (Å²) in [5.74, 6) is 0.787. The minimum Gasteiger partial charge on any atom is -0.328 e. The second-order valence-corrected chi connectivity index (χ2v) is 5.08. The molecule has 2 amide bonds. The van der Waals surface area contributed by atoms with Gasteiger partial charge in [-0.05, 0) is 25.2 Å². The van der Waals surface area contributed by atoms with Crippen LogP contribution < -0.4 is 0 Å². The third-order valence-electron chi connectivity index (χ3n) is 3.48. The molecular weight excluding hydrogens is 200 g/mol. The number of carbonyl (C=O) groups is 1. The largest absolute Gasteiger partial charge is 0.328 e. The molecule has 1 rings (SSSR count). The molecule has 1 heterocycles. The summed E-state index contributed by atoms with van der Waals surface area (Å²) >= 11 is 0. The van der Waals surface area contributed by atoms with Crippen LogP contribution in [-0.4, -0.2) is 42.5 Å². The van der Waals surface area contributed by atoms with Crippen molar-refractivity contribution in [3.63, 3.8) is 0 Å². The molecule has 1 fully saturated rings. The normalized spacial score (nSPS) is 17.6. The number of urea groups is 1. The van der Waals surface area contributed by atoms with Crippen molar-refractivity contribution < 1.29 is 4.79 Å². The molecule has 0 N–H and O–H groups in total. The fourth-order valence-electron chi connectivity index (χ4n) is 2.14. The second-order valence-electron chi connectivity index (χ2n) is 5.08. The summed E-state index contributed by atoms with van der Waals surface area (Å²) in [5.41, 5.74) is 0. The molecule has 94 valence electrons. The van der Waals surface area contributed by atoms with Crippen LogP contribution in [0.4, 0.5) is 4.79 Å². The van der Waals surface area contributed by atoms with Crippen LogP contribution in [0, 0.1) is 5.92 Å². The topological polar surface area (TPSA) is 23.6 Å². The Kier molecular flexibility index (Phi) is 5.64. The number of piperidine rings is 1. The molecule has 16 heavy (non-hydrogen) atoms. The number of unbranched alkanes of at least 4 members (excludes halogenated alkanes) is 2. The molecule has 3 nitrogen and oxygen atoms in total. The average Bonchev–Trinajstić information content (AvgIpc) is 2.29. The molecule has 1 aliphatic rings. The zero-order valence-corrected chi connectivity index (χ0v) is 11.0. The zero-order valence-electron chi connectivity index (χ0n) is 11.0. The van der Waals surface area contributed by atoms with Crippen LogP contribution in [-0.2, 0) is 0 Å². The van der Waals surface area contributed by atoms with Gasteiger partial charge in [0.15, 0.2) is 0 Å². The SMILES string of the molecule is CCCCCN(C)C(=O)N1CCC(C)CC1. The molecule has 0 unspecified atom stereocenters. The fourth-order valence-corrected chi connectivity index (χ4v) is 2.14. The Labute approximate surface area is 99.8 Å². The van der Waals surface area contributed by atoms with Crippen LogP contribution >= 0.6 is 0 Å². The summed E-state index contributed by atoms with van der Waals surface area (Å²) in [6, 6.07) is 0.225. The van der Waals surface area contributed by atoms with Crippen LogP contribution in [0.2, 0.25) is 0 Å². The van der Waals surface area contributed by atoms with Crippen LogP contribution in [0.25, 0.3) is 0 Å². The first-order chi connectivity index (χ1) is 7.65. The Morgan fingerprint density at radius 2 is 1.94 bits per heavy atom. The number of amides is 2. The Hall–Kier alpha value is -0.730. The van der Waals surface area contributed by atoms with E-state index in [2.05, 4.69) is 13.8 Å². The molecule has 3 heteroatoms. The van der Waals surface area contributed by atoms with Gasteiger partial charge in [0.05, 0.1) is 0 Å². The zero-order chi connectivity index (χ0) is 12.0. The summed E-state index contributed by atoms with van der Waals surface area (Å²) in [6.45, 7) is 7.25. The Morgan fingerprint density at radius 1 is 1.31 bits per heavy atom. The van der Waals surface area contributed by atoms with E-state index in [0.29, 0.717) is 0 Å². The third kappa shape index (κ3) is 4.03. The van der Waals surface area contributed by atoms with E-state index in [0.717, 1.165) is 44.8 Å². The first-order valence-electron chi connectivity index (χ1n) is 6.65. The molecule has 0 saturated carbocycles. The molecule has 0 bridgehead atoms. The monoisotopic (exact) mass is 226 g/mol. The van der Waals surface area contributed by atoms with Gasteiger partial charge in [0.25, 0.3) is 0 Å². The Balaban J connectivity index is 2.27. The van der Waals surface area contributed by atoms with Gasteiger partial charge >= 0.3 is 6.03 Å². The van der Waals surface area contributed by atoms with Gasteiger partial charge in [-0.1, -0.05) is 26.7 Å². The highest BCUT2D eigenvalue weighted by molar-refractivity contribution is 5.74. The molecule has 1 aliphatic heterocycles. The van der Waals surface area contributed by atoms with E-state index < -0.39 is 0 Å². The van der Waals surface area contributed by atoms with Crippen molar-refractivity contribution in [2.45, 2.75) is 46.0 Å². The molecule has 0 aromatic carbocycles. The lowest BCUT2D eigenvalue weighted by atomic mass is 10.00. The molecule has 0 aromatic rings. The van der Waals surface area contributed by atoms with Gasteiger partial charge in [-0.2, -0.15) is 0 Å². The molecular formula is C13H26N2O. The lowest BCUT2D eigenvalue weighted by Gasteiger charge is -2.33. The Bertz CT molecular complexity index is 210. The van der Waals surface area contributed by atoms with Gasteiger partial charge < -0.3 is 9.80 Å². The average molecular weight is 226 g/mol. The fraction of sp³-hybridized carbons (Fsp3) is 0.923. The van der Waals surface area contributed by atoms with Gasteiger partial charge in [0.1, 0.15) is 0 Å². The second kappa shape index (κ2) is 6.77. The highest BCUT2D eigenvalue weighted by Crippen LogP contribution is 2.17. The van der Waals surface area contributed by atoms with Crippen molar-refractivity contribution in [2.24, 2.45) is 5.92 Å². The standard InChI is InChI=1S/C13H26N2O/c1-4-5-6-9-14(3)13(16)15-10-7-12(2)8-11-15/h12H,4-11H2,1-3H3. The number of likely N-dealkylation sites (tertiary alicyclic amines) is 1. The molecule has 0 radical (unpaired) electrons. The van der Waals surface area contributed by atoms with E-state index in [9.17, 15) is 4.79 Å². The summed E-state index contributed by atoms with van der Waals surface area (Å²) in [5, 5.41) is 0. The lowest BCUT2D eigenvalue weighted by molar-refractivity contribution is 0.142. The maximum absolute atomic E-state index is 12.1. The summed E-state index contributed by atoms with van der Waals surface area (Å²) in [6.07, 6.45) is 5.88. The van der Waals surface area contributed by atoms with Crippen LogP contribution in [0.1, 0.15) is 46.0 Å². The summed E-state index contributed by atoms with van der Waals surface area (Å²) < 4.78 is 0. The number of nitrogens with zero attached hydrogens (tertiary/aromatic N) is 2. The molecule has 0 aliphatic carbocycles. The molecule has 0 aromatic heterocycles. The van der Waals surface area contributed by atoms with E-state index in [4.69, 9.17) is 0 Å². The predicted molar refractivity (Wildman–Crippen MR) is 67.5 cm³/mol. The minimum absolute atomic E-state index is 0.225. The highest BCUT2D eigenvalue weighted by Gasteiger charge is 2.22. The Morgan fingerprint density at radius 3 is 2.50 bits per heavy atom. The van der Waals surface area contributed by atoms with Crippen LogP contribution in [0.5, 0.6) is 0 Å². The smallest absolute Gasteiger partial charge is 0.319 e. The van der Waals surface area contributed by atoms with E-state index in [1.165, 1.54) is 12.8 Å². The molecule has 1 saturated heterocycles. The maximum atomic E-state index is 12.1. The van der Waals surface area contributed by atoms with E-state index in [-0.39, 0.29) is 6.03 Å². The maximum Gasteiger partial charge on any atom is 0.319 e. The molecule has 0 atom stereocenters. The summed E-state index contributed by atoms with van der Waals surface area (Å²) in [7, 11) is 1.93. The first-order valence-corrected chi connectivity index (χ1v) is 6.65. The lowest BCUT2D eigenvalue weighted by Crippen LogP contribution is -2.45. The van der Waals surface area contributed by atoms with Crippen LogP contribution in [0.3, 0.4) is 0 Å². The number of rotatable bonds is 4. The van der Waals surface area contributed by atoms with Crippen LogP contribution in [0.15, 0.2) is 0 Å². The highest BCUT2D eigenvalue weighted by atomic mass is 16.2. The van der Waals surface area contributed by atoms with Gasteiger partial charge in [0, 0.05) is 26.7 Å². The molecule has 0 spiro atoms. The number of hydrogen-bond acceptors (Lipinski definition) is 1. The summed E-state index contributed by atoms with van der Waals surface area (Å²) in [4.78, 5) is 15.9. The van der Waals surface area contributed by atoms with Gasteiger partial charge in [-0.15, -0.1) is 0 Å². The minimum atomic E-state index is 0.225. The quantitative estimate of drug-likeness (QED) is 0.676. The number of carbonyl (C=O) groups excluding carboxylic acids is 1. The van der Waals surface area contributed by atoms with Crippen molar-refractivity contribution in [1.82, 2.24) is 9.80 Å². The van der Waals surface area contributed by atoms with Gasteiger partial charge in [-0.3, -0.25) is 0 Å². The predicted octanol–water partition coefficient (Wildman–Crippen LogP) is 2.96. The van der Waals surface area contributed by atoms with Crippen molar-refractivity contribution in [2.75, 3.05) is 26.7 Å². The van der Waals surface area contributed by atoms with Gasteiger partial charge in [-0.25, -0.2) is 4.79 Å². The van der Waals surface area contributed by atoms with E-state index >= 15 is 0 Å². The van der Waals surface area contributed by atoms with Crippen molar-refractivity contribution >= 4 is 6.03 Å². The first kappa shape index (κ1) is 13.3.